The van der Waals surface area contributed by atoms with Crippen molar-refractivity contribution in [2.45, 2.75) is 38.0 Å². The molecule has 1 saturated heterocycles. The molecule has 1 aromatic heterocycles. The molecule has 1 aliphatic heterocycles. The Morgan fingerprint density at radius 2 is 2.12 bits per heavy atom. The second-order valence-corrected chi connectivity index (χ2v) is 7.20. The van der Waals surface area contributed by atoms with Crippen molar-refractivity contribution in [1.82, 2.24) is 15.5 Å². The van der Waals surface area contributed by atoms with Crippen LogP contribution in [0.1, 0.15) is 38.5 Å². The van der Waals surface area contributed by atoms with Crippen molar-refractivity contribution in [3.63, 3.8) is 0 Å². The topological polar surface area (TPSA) is 52.8 Å². The lowest BCUT2D eigenvalue weighted by Crippen LogP contribution is -2.42. The van der Waals surface area contributed by atoms with Crippen molar-refractivity contribution in [2.24, 2.45) is 4.99 Å². The van der Waals surface area contributed by atoms with Gasteiger partial charge in [0.2, 0.25) is 0 Å². The zero-order valence-corrected chi connectivity index (χ0v) is 18.1. The van der Waals surface area contributed by atoms with E-state index in [0.29, 0.717) is 5.25 Å². The predicted molar refractivity (Wildman–Crippen MR) is 115 cm³/mol. The molecule has 7 heteroatoms. The molecule has 138 valence electrons. The van der Waals surface area contributed by atoms with Gasteiger partial charge in [0.15, 0.2) is 5.96 Å². The molecule has 0 aromatic carbocycles. The Kier molecular flexibility index (Phi) is 10.8. The molecular weight excluding hydrogens is 435 g/mol. The van der Waals surface area contributed by atoms with Crippen LogP contribution in [0.25, 0.3) is 0 Å². The van der Waals surface area contributed by atoms with Gasteiger partial charge in [0.1, 0.15) is 5.76 Å². The number of halogens is 1. The maximum atomic E-state index is 5.67. The smallest absolute Gasteiger partial charge is 0.191 e. The average molecular weight is 466 g/mol. The van der Waals surface area contributed by atoms with Gasteiger partial charge in [-0.25, -0.2) is 0 Å². The van der Waals surface area contributed by atoms with E-state index >= 15 is 0 Å². The Labute approximate surface area is 167 Å². The zero-order valence-electron chi connectivity index (χ0n) is 15.0. The van der Waals surface area contributed by atoms with Crippen LogP contribution >= 0.6 is 35.7 Å². The number of likely N-dealkylation sites (tertiary alicyclic amines) is 1. The molecule has 1 fully saturated rings. The normalized spacial score (nSPS) is 18.0. The van der Waals surface area contributed by atoms with Gasteiger partial charge in [-0.3, -0.25) is 9.89 Å². The number of furan rings is 1. The maximum Gasteiger partial charge on any atom is 0.191 e. The van der Waals surface area contributed by atoms with E-state index in [0.717, 1.165) is 44.4 Å². The molecule has 0 spiro atoms. The van der Waals surface area contributed by atoms with Gasteiger partial charge in [-0.15, -0.1) is 24.0 Å². The summed E-state index contributed by atoms with van der Waals surface area (Å²) in [6, 6.07) is 4.32. The molecule has 0 saturated carbocycles. The number of rotatable bonds is 8. The van der Waals surface area contributed by atoms with Gasteiger partial charge in [-0.05, 0) is 51.2 Å². The molecule has 24 heavy (non-hydrogen) atoms. The summed E-state index contributed by atoms with van der Waals surface area (Å²) in [6.45, 7) is 9.09. The molecule has 2 rings (SSSR count). The van der Waals surface area contributed by atoms with E-state index in [1.165, 1.54) is 12.8 Å². The molecule has 0 bridgehead atoms. The molecule has 0 aliphatic carbocycles. The number of aliphatic imine (C=N–C) groups is 1. The van der Waals surface area contributed by atoms with Crippen LogP contribution < -0.4 is 10.6 Å². The SMILES string of the molecule is CCNC(=NCC(C)SC)NCC(c1ccco1)N1CCCC1.I. The van der Waals surface area contributed by atoms with Crippen LogP contribution in [0, 0.1) is 0 Å². The fraction of sp³-hybridized carbons (Fsp3) is 0.706. The second kappa shape index (κ2) is 12.0. The van der Waals surface area contributed by atoms with E-state index in [2.05, 4.69) is 46.7 Å². The minimum atomic E-state index is 0. The fourth-order valence-corrected chi connectivity index (χ4v) is 3.00. The highest BCUT2D eigenvalue weighted by Crippen LogP contribution is 2.24. The Bertz CT molecular complexity index is 463. The summed E-state index contributed by atoms with van der Waals surface area (Å²) >= 11 is 1.84. The molecule has 1 aliphatic rings. The molecule has 2 atom stereocenters. The third kappa shape index (κ3) is 6.84. The van der Waals surface area contributed by atoms with Crippen LogP contribution in [0.3, 0.4) is 0 Å². The van der Waals surface area contributed by atoms with Gasteiger partial charge in [0, 0.05) is 18.3 Å². The minimum absolute atomic E-state index is 0. The van der Waals surface area contributed by atoms with Crippen LogP contribution in [0.4, 0.5) is 0 Å². The maximum absolute atomic E-state index is 5.67. The molecule has 2 heterocycles. The van der Waals surface area contributed by atoms with Crippen molar-refractivity contribution in [3.8, 4) is 0 Å². The van der Waals surface area contributed by atoms with Crippen molar-refractivity contribution in [3.05, 3.63) is 24.2 Å². The van der Waals surface area contributed by atoms with Crippen LogP contribution in [0.2, 0.25) is 0 Å². The van der Waals surface area contributed by atoms with Gasteiger partial charge < -0.3 is 15.1 Å². The van der Waals surface area contributed by atoms with Crippen LogP contribution in [0.5, 0.6) is 0 Å². The average Bonchev–Trinajstić information content (AvgIpc) is 3.26. The quantitative estimate of drug-likeness (QED) is 0.350. The first-order chi connectivity index (χ1) is 11.2. The first kappa shape index (κ1) is 21.6. The molecule has 1 aromatic rings. The van der Waals surface area contributed by atoms with E-state index in [-0.39, 0.29) is 30.0 Å². The summed E-state index contributed by atoms with van der Waals surface area (Å²) in [7, 11) is 0. The summed E-state index contributed by atoms with van der Waals surface area (Å²) in [5.74, 6) is 1.93. The monoisotopic (exact) mass is 466 g/mol. The summed E-state index contributed by atoms with van der Waals surface area (Å²) in [4.78, 5) is 7.19. The number of hydrogen-bond donors (Lipinski definition) is 2. The van der Waals surface area contributed by atoms with Gasteiger partial charge in [-0.1, -0.05) is 6.92 Å². The fourth-order valence-electron chi connectivity index (χ4n) is 2.77. The Hall–Kier alpha value is -0.410. The third-order valence-electron chi connectivity index (χ3n) is 4.17. The van der Waals surface area contributed by atoms with Crippen molar-refractivity contribution in [1.29, 1.82) is 0 Å². The van der Waals surface area contributed by atoms with E-state index in [1.807, 2.05) is 17.8 Å². The van der Waals surface area contributed by atoms with Crippen molar-refractivity contribution < 1.29 is 4.42 Å². The zero-order chi connectivity index (χ0) is 16.5. The highest BCUT2D eigenvalue weighted by Gasteiger charge is 2.25. The predicted octanol–water partition coefficient (Wildman–Crippen LogP) is 3.34. The lowest BCUT2D eigenvalue weighted by molar-refractivity contribution is 0.215. The summed E-state index contributed by atoms with van der Waals surface area (Å²) in [6.07, 6.45) is 6.44. The van der Waals surface area contributed by atoms with Gasteiger partial charge >= 0.3 is 0 Å². The molecular formula is C17H31IN4OS. The summed E-state index contributed by atoms with van der Waals surface area (Å²) < 4.78 is 5.67. The standard InChI is InChI=1S/C17H30N4OS.HI/c1-4-18-17(19-12-14(2)23-3)20-13-15(16-8-7-11-22-16)21-9-5-6-10-21;/h7-8,11,14-15H,4-6,9-10,12-13H2,1-3H3,(H2,18,19,20);1H. The van der Waals surface area contributed by atoms with Crippen molar-refractivity contribution >= 4 is 41.7 Å². The summed E-state index contributed by atoms with van der Waals surface area (Å²) in [5.41, 5.74) is 0. The van der Waals surface area contributed by atoms with Gasteiger partial charge in [0.25, 0.3) is 0 Å². The van der Waals surface area contributed by atoms with E-state index in [4.69, 9.17) is 4.42 Å². The second-order valence-electron chi connectivity index (χ2n) is 5.92. The van der Waals surface area contributed by atoms with Gasteiger partial charge in [-0.2, -0.15) is 11.8 Å². The molecule has 2 unspecified atom stereocenters. The number of guanidine groups is 1. The molecule has 0 amide bonds. The van der Waals surface area contributed by atoms with E-state index in [1.54, 1.807) is 6.26 Å². The molecule has 0 radical (unpaired) electrons. The van der Waals surface area contributed by atoms with Crippen LogP contribution in [0.15, 0.2) is 27.8 Å². The first-order valence-electron chi connectivity index (χ1n) is 8.57. The third-order valence-corrected chi connectivity index (χ3v) is 5.12. The summed E-state index contributed by atoms with van der Waals surface area (Å²) in [5, 5.41) is 7.36. The number of thioether (sulfide) groups is 1. The lowest BCUT2D eigenvalue weighted by atomic mass is 10.2. The highest BCUT2D eigenvalue weighted by atomic mass is 127. The van der Waals surface area contributed by atoms with E-state index < -0.39 is 0 Å². The molecule has 2 N–H and O–H groups in total. The van der Waals surface area contributed by atoms with Gasteiger partial charge in [0.05, 0.1) is 18.8 Å². The van der Waals surface area contributed by atoms with Crippen LogP contribution in [-0.2, 0) is 0 Å². The minimum Gasteiger partial charge on any atom is -0.468 e. The Balaban J connectivity index is 0.00000288. The highest BCUT2D eigenvalue weighted by molar-refractivity contribution is 14.0. The number of nitrogens with zero attached hydrogens (tertiary/aromatic N) is 2. The largest absolute Gasteiger partial charge is 0.468 e. The lowest BCUT2D eigenvalue weighted by Gasteiger charge is -2.26. The molecule has 5 nitrogen and oxygen atoms in total. The Morgan fingerprint density at radius 1 is 1.38 bits per heavy atom. The van der Waals surface area contributed by atoms with Crippen LogP contribution in [-0.4, -0.2) is 55.1 Å². The number of nitrogens with one attached hydrogen (secondary N) is 2. The first-order valence-corrected chi connectivity index (χ1v) is 9.85. The van der Waals surface area contributed by atoms with E-state index in [9.17, 15) is 0 Å². The number of hydrogen-bond acceptors (Lipinski definition) is 4. The van der Waals surface area contributed by atoms with Crippen molar-refractivity contribution in [2.75, 3.05) is 39.0 Å². The Morgan fingerprint density at radius 3 is 2.71 bits per heavy atom.